The van der Waals surface area contributed by atoms with E-state index in [1.807, 2.05) is 43.3 Å². The highest BCUT2D eigenvalue weighted by Crippen LogP contribution is 2.38. The minimum atomic E-state index is -0.296. The van der Waals surface area contributed by atoms with Crippen LogP contribution in [0.3, 0.4) is 0 Å². The lowest BCUT2D eigenvalue weighted by atomic mass is 10.0. The first kappa shape index (κ1) is 15.5. The quantitative estimate of drug-likeness (QED) is 0.769. The van der Waals surface area contributed by atoms with Gasteiger partial charge >= 0.3 is 0 Å². The predicted octanol–water partition coefficient (Wildman–Crippen LogP) is 4.35. The minimum Gasteiger partial charge on any atom is -0.497 e. The Labute approximate surface area is 130 Å². The van der Waals surface area contributed by atoms with Crippen molar-refractivity contribution in [2.45, 2.75) is 12.3 Å². The van der Waals surface area contributed by atoms with Crippen molar-refractivity contribution in [1.29, 1.82) is 0 Å². The first-order valence-electron chi connectivity index (χ1n) is 6.61. The summed E-state index contributed by atoms with van der Waals surface area (Å²) in [4.78, 5) is 0. The fraction of sp³-hybridized carbons (Fsp3) is 0.294. The summed E-state index contributed by atoms with van der Waals surface area (Å²) in [5, 5.41) is -0.296. The van der Waals surface area contributed by atoms with Gasteiger partial charge < -0.3 is 14.2 Å². The molecule has 2 rings (SSSR count). The lowest BCUT2D eigenvalue weighted by Gasteiger charge is -2.16. The van der Waals surface area contributed by atoms with E-state index in [9.17, 15) is 0 Å². The van der Waals surface area contributed by atoms with E-state index in [-0.39, 0.29) is 5.38 Å². The topological polar surface area (TPSA) is 27.7 Å². The van der Waals surface area contributed by atoms with Crippen molar-refractivity contribution in [1.82, 2.24) is 0 Å². The van der Waals surface area contributed by atoms with Crippen LogP contribution >= 0.6 is 11.6 Å². The molecule has 0 spiro atoms. The lowest BCUT2D eigenvalue weighted by Crippen LogP contribution is -1.99. The molecule has 3 nitrogen and oxygen atoms in total. The lowest BCUT2D eigenvalue weighted by molar-refractivity contribution is 0.391. The van der Waals surface area contributed by atoms with Crippen LogP contribution in [0.25, 0.3) is 0 Å². The van der Waals surface area contributed by atoms with E-state index in [1.54, 1.807) is 21.3 Å². The predicted molar refractivity (Wildman–Crippen MR) is 85.0 cm³/mol. The zero-order chi connectivity index (χ0) is 15.4. The summed E-state index contributed by atoms with van der Waals surface area (Å²) >= 11 is 6.62. The number of methoxy groups -OCH3 is 3. The fourth-order valence-corrected chi connectivity index (χ4v) is 2.58. The molecule has 0 heterocycles. The van der Waals surface area contributed by atoms with Gasteiger partial charge in [-0.1, -0.05) is 12.1 Å². The Bertz CT molecular complexity index is 625. The normalized spacial score (nSPS) is 11.9. The third-order valence-electron chi connectivity index (χ3n) is 3.43. The Morgan fingerprint density at radius 3 is 2.14 bits per heavy atom. The summed E-state index contributed by atoms with van der Waals surface area (Å²) in [5.41, 5.74) is 2.95. The zero-order valence-electron chi connectivity index (χ0n) is 12.6. The molecule has 21 heavy (non-hydrogen) atoms. The van der Waals surface area contributed by atoms with Crippen molar-refractivity contribution in [3.05, 3.63) is 53.1 Å². The molecule has 1 unspecified atom stereocenters. The standard InChI is InChI=1S/C17H19ClO3/c1-11-9-12(5-8-15(11)20-3)17(18)14-7-6-13(19-2)10-16(14)21-4/h5-10,17H,1-4H3. The van der Waals surface area contributed by atoms with Gasteiger partial charge in [-0.15, -0.1) is 11.6 Å². The molecule has 2 aromatic rings. The molecule has 112 valence electrons. The van der Waals surface area contributed by atoms with Crippen molar-refractivity contribution >= 4 is 11.6 Å². The Hall–Kier alpha value is -1.87. The van der Waals surface area contributed by atoms with Gasteiger partial charge in [0.1, 0.15) is 17.2 Å². The molecule has 1 atom stereocenters. The van der Waals surface area contributed by atoms with E-state index in [0.29, 0.717) is 5.75 Å². The van der Waals surface area contributed by atoms with Crippen LogP contribution in [-0.2, 0) is 0 Å². The molecule has 0 amide bonds. The molecule has 0 radical (unpaired) electrons. The van der Waals surface area contributed by atoms with Gasteiger partial charge in [-0.25, -0.2) is 0 Å². The summed E-state index contributed by atoms with van der Waals surface area (Å²) in [6.07, 6.45) is 0. The summed E-state index contributed by atoms with van der Waals surface area (Å²) in [7, 11) is 4.91. The highest BCUT2D eigenvalue weighted by Gasteiger charge is 2.17. The van der Waals surface area contributed by atoms with Gasteiger partial charge in [0, 0.05) is 11.6 Å². The highest BCUT2D eigenvalue weighted by atomic mass is 35.5. The van der Waals surface area contributed by atoms with Crippen LogP contribution in [0.1, 0.15) is 22.1 Å². The van der Waals surface area contributed by atoms with Gasteiger partial charge in [0.05, 0.1) is 26.7 Å². The molecule has 4 heteroatoms. The van der Waals surface area contributed by atoms with Crippen molar-refractivity contribution in [3.8, 4) is 17.2 Å². The van der Waals surface area contributed by atoms with Gasteiger partial charge in [-0.2, -0.15) is 0 Å². The average molecular weight is 307 g/mol. The third-order valence-corrected chi connectivity index (χ3v) is 3.91. The van der Waals surface area contributed by atoms with Gasteiger partial charge in [-0.05, 0) is 36.2 Å². The largest absolute Gasteiger partial charge is 0.497 e. The Kier molecular flexibility index (Phi) is 4.97. The molecule has 0 bridgehead atoms. The molecular weight excluding hydrogens is 288 g/mol. The van der Waals surface area contributed by atoms with E-state index >= 15 is 0 Å². The van der Waals surface area contributed by atoms with E-state index in [2.05, 4.69) is 0 Å². The molecule has 0 aliphatic heterocycles. The number of aryl methyl sites for hydroxylation is 1. The van der Waals surface area contributed by atoms with Crippen LogP contribution in [0.5, 0.6) is 17.2 Å². The Balaban J connectivity index is 2.39. The van der Waals surface area contributed by atoms with Crippen LogP contribution < -0.4 is 14.2 Å². The molecule has 0 saturated heterocycles. The summed E-state index contributed by atoms with van der Waals surface area (Å²) in [6.45, 7) is 2.00. The SMILES string of the molecule is COc1ccc(C(Cl)c2ccc(OC)c(C)c2)c(OC)c1. The molecule has 0 fully saturated rings. The Morgan fingerprint density at radius 2 is 1.57 bits per heavy atom. The number of halogens is 1. The smallest absolute Gasteiger partial charge is 0.127 e. The summed E-state index contributed by atoms with van der Waals surface area (Å²) < 4.78 is 15.9. The van der Waals surface area contributed by atoms with Crippen molar-refractivity contribution in [2.24, 2.45) is 0 Å². The fourth-order valence-electron chi connectivity index (χ4n) is 2.27. The molecule has 0 N–H and O–H groups in total. The van der Waals surface area contributed by atoms with Crippen molar-refractivity contribution in [3.63, 3.8) is 0 Å². The summed E-state index contributed by atoms with van der Waals surface area (Å²) in [6, 6.07) is 11.6. The van der Waals surface area contributed by atoms with Crippen LogP contribution in [0.15, 0.2) is 36.4 Å². The van der Waals surface area contributed by atoms with Gasteiger partial charge in [0.2, 0.25) is 0 Å². The number of alkyl halides is 1. The molecule has 0 aromatic heterocycles. The number of benzene rings is 2. The van der Waals surface area contributed by atoms with Crippen molar-refractivity contribution < 1.29 is 14.2 Å². The molecule has 0 saturated carbocycles. The van der Waals surface area contributed by atoms with Crippen LogP contribution in [0.4, 0.5) is 0 Å². The van der Waals surface area contributed by atoms with Crippen molar-refractivity contribution in [2.75, 3.05) is 21.3 Å². The average Bonchev–Trinajstić information content (AvgIpc) is 2.53. The second-order valence-electron chi connectivity index (χ2n) is 4.70. The van der Waals surface area contributed by atoms with Crippen LogP contribution in [-0.4, -0.2) is 21.3 Å². The first-order chi connectivity index (χ1) is 10.1. The van der Waals surface area contributed by atoms with Crippen LogP contribution in [0, 0.1) is 6.92 Å². The molecule has 0 aliphatic rings. The van der Waals surface area contributed by atoms with E-state index < -0.39 is 0 Å². The van der Waals surface area contributed by atoms with Gasteiger partial charge in [0.25, 0.3) is 0 Å². The second-order valence-corrected chi connectivity index (χ2v) is 5.14. The maximum Gasteiger partial charge on any atom is 0.127 e. The number of hydrogen-bond donors (Lipinski definition) is 0. The highest BCUT2D eigenvalue weighted by molar-refractivity contribution is 6.22. The molecular formula is C17H19ClO3. The maximum absolute atomic E-state index is 6.62. The van der Waals surface area contributed by atoms with E-state index in [0.717, 1.165) is 28.2 Å². The van der Waals surface area contributed by atoms with Gasteiger partial charge in [0.15, 0.2) is 0 Å². The summed E-state index contributed by atoms with van der Waals surface area (Å²) in [5.74, 6) is 2.30. The van der Waals surface area contributed by atoms with Gasteiger partial charge in [-0.3, -0.25) is 0 Å². The number of hydrogen-bond acceptors (Lipinski definition) is 3. The molecule has 0 aliphatic carbocycles. The molecule has 2 aromatic carbocycles. The van der Waals surface area contributed by atoms with E-state index in [1.165, 1.54) is 0 Å². The number of rotatable bonds is 5. The van der Waals surface area contributed by atoms with Crippen LogP contribution in [0.2, 0.25) is 0 Å². The minimum absolute atomic E-state index is 0.296. The third kappa shape index (κ3) is 3.24. The maximum atomic E-state index is 6.62. The monoisotopic (exact) mass is 306 g/mol. The van der Waals surface area contributed by atoms with E-state index in [4.69, 9.17) is 25.8 Å². The first-order valence-corrected chi connectivity index (χ1v) is 7.05. The second kappa shape index (κ2) is 6.72. The zero-order valence-corrected chi connectivity index (χ0v) is 13.4. The number of ether oxygens (including phenoxy) is 3. The Morgan fingerprint density at radius 1 is 0.857 bits per heavy atom.